The van der Waals surface area contributed by atoms with Gasteiger partial charge < -0.3 is 15.4 Å². The van der Waals surface area contributed by atoms with Crippen LogP contribution < -0.4 is 15.4 Å². The van der Waals surface area contributed by atoms with Crippen LogP contribution in [0.15, 0.2) is 18.2 Å². The van der Waals surface area contributed by atoms with E-state index in [4.69, 9.17) is 4.74 Å². The number of hydrogen-bond acceptors (Lipinski definition) is 5. The summed E-state index contributed by atoms with van der Waals surface area (Å²) < 4.78 is 5.26. The van der Waals surface area contributed by atoms with E-state index in [-0.39, 0.29) is 17.3 Å². The summed E-state index contributed by atoms with van der Waals surface area (Å²) >= 11 is 0. The fraction of sp³-hybridized carbons (Fsp3) is 0.500. The van der Waals surface area contributed by atoms with Gasteiger partial charge in [-0.3, -0.25) is 14.9 Å². The number of ether oxygens (including phenoxy) is 1. The fourth-order valence-corrected chi connectivity index (χ4v) is 1.72. The number of benzene rings is 1. The molecule has 0 heterocycles. The maximum Gasteiger partial charge on any atom is 0.311 e. The van der Waals surface area contributed by atoms with E-state index in [9.17, 15) is 14.9 Å². The number of nitro benzene ring substituents is 1. The molecule has 1 amide bonds. The SMILES string of the molecule is CCCNC(=O)CCNc1ccc([N+](=O)[O-])c(OCC)c1. The molecular weight excluding hydrogens is 274 g/mol. The average Bonchev–Trinajstić information content (AvgIpc) is 2.45. The summed E-state index contributed by atoms with van der Waals surface area (Å²) in [5.74, 6) is 0.208. The third kappa shape index (κ3) is 5.68. The zero-order valence-corrected chi connectivity index (χ0v) is 12.3. The minimum absolute atomic E-state index is 0.0173. The monoisotopic (exact) mass is 295 g/mol. The van der Waals surface area contributed by atoms with Gasteiger partial charge in [0.25, 0.3) is 0 Å². The van der Waals surface area contributed by atoms with Crippen molar-refractivity contribution in [2.24, 2.45) is 0 Å². The molecule has 0 aliphatic carbocycles. The smallest absolute Gasteiger partial charge is 0.311 e. The van der Waals surface area contributed by atoms with Crippen molar-refractivity contribution in [1.29, 1.82) is 0 Å². The number of amides is 1. The van der Waals surface area contributed by atoms with Crippen LogP contribution in [0.5, 0.6) is 5.75 Å². The first-order chi connectivity index (χ1) is 10.1. The number of nitrogens with one attached hydrogen (secondary N) is 2. The third-order valence-corrected chi connectivity index (χ3v) is 2.71. The molecule has 0 aromatic heterocycles. The molecule has 0 saturated carbocycles. The van der Waals surface area contributed by atoms with Crippen LogP contribution in [0.1, 0.15) is 26.7 Å². The van der Waals surface area contributed by atoms with E-state index >= 15 is 0 Å². The Morgan fingerprint density at radius 1 is 1.33 bits per heavy atom. The highest BCUT2D eigenvalue weighted by Crippen LogP contribution is 2.29. The Balaban J connectivity index is 2.57. The van der Waals surface area contributed by atoms with E-state index in [0.717, 1.165) is 6.42 Å². The average molecular weight is 295 g/mol. The fourth-order valence-electron chi connectivity index (χ4n) is 1.72. The lowest BCUT2D eigenvalue weighted by Gasteiger charge is -2.09. The molecule has 1 rings (SSSR count). The summed E-state index contributed by atoms with van der Waals surface area (Å²) in [6, 6.07) is 4.57. The topological polar surface area (TPSA) is 93.5 Å². The van der Waals surface area contributed by atoms with Crippen molar-refractivity contribution in [2.75, 3.05) is 25.0 Å². The second-order valence-electron chi connectivity index (χ2n) is 4.40. The van der Waals surface area contributed by atoms with E-state index in [0.29, 0.717) is 31.8 Å². The van der Waals surface area contributed by atoms with Crippen molar-refractivity contribution in [3.05, 3.63) is 28.3 Å². The van der Waals surface area contributed by atoms with Crippen molar-refractivity contribution in [3.63, 3.8) is 0 Å². The van der Waals surface area contributed by atoms with Crippen LogP contribution in [-0.4, -0.2) is 30.5 Å². The molecule has 0 saturated heterocycles. The Labute approximate surface area is 123 Å². The lowest BCUT2D eigenvalue weighted by atomic mass is 10.2. The Morgan fingerprint density at radius 3 is 2.71 bits per heavy atom. The van der Waals surface area contributed by atoms with Gasteiger partial charge >= 0.3 is 5.69 Å². The molecule has 0 spiro atoms. The highest BCUT2D eigenvalue weighted by atomic mass is 16.6. The molecule has 0 unspecified atom stereocenters. The lowest BCUT2D eigenvalue weighted by Crippen LogP contribution is -2.25. The van der Waals surface area contributed by atoms with Gasteiger partial charge in [-0.2, -0.15) is 0 Å². The van der Waals surface area contributed by atoms with Gasteiger partial charge in [0.15, 0.2) is 5.75 Å². The van der Waals surface area contributed by atoms with Gasteiger partial charge in [0, 0.05) is 37.3 Å². The Bertz CT molecular complexity index is 491. The van der Waals surface area contributed by atoms with Crippen LogP contribution in [0.3, 0.4) is 0 Å². The third-order valence-electron chi connectivity index (χ3n) is 2.71. The minimum Gasteiger partial charge on any atom is -0.487 e. The normalized spacial score (nSPS) is 10.0. The van der Waals surface area contributed by atoms with Crippen LogP contribution in [-0.2, 0) is 4.79 Å². The predicted octanol–water partition coefficient (Wildman–Crippen LogP) is 2.32. The number of anilines is 1. The number of nitrogens with zero attached hydrogens (tertiary/aromatic N) is 1. The van der Waals surface area contributed by atoms with Gasteiger partial charge in [0.1, 0.15) is 0 Å². The molecule has 0 radical (unpaired) electrons. The zero-order chi connectivity index (χ0) is 15.7. The Kier molecular flexibility index (Phi) is 7.00. The van der Waals surface area contributed by atoms with Crippen LogP contribution >= 0.6 is 0 Å². The highest BCUT2D eigenvalue weighted by molar-refractivity contribution is 5.76. The van der Waals surface area contributed by atoms with Crippen molar-refractivity contribution < 1.29 is 14.5 Å². The largest absolute Gasteiger partial charge is 0.487 e. The van der Waals surface area contributed by atoms with Gasteiger partial charge in [-0.1, -0.05) is 6.92 Å². The summed E-state index contributed by atoms with van der Waals surface area (Å²) in [7, 11) is 0. The van der Waals surface area contributed by atoms with Crippen LogP contribution in [0, 0.1) is 10.1 Å². The Hall–Kier alpha value is -2.31. The molecule has 2 N–H and O–H groups in total. The van der Waals surface area contributed by atoms with E-state index in [1.807, 2.05) is 6.92 Å². The van der Waals surface area contributed by atoms with Crippen LogP contribution in [0.4, 0.5) is 11.4 Å². The van der Waals surface area contributed by atoms with Crippen molar-refractivity contribution in [1.82, 2.24) is 5.32 Å². The summed E-state index contributed by atoms with van der Waals surface area (Å²) in [6.07, 6.45) is 1.25. The maximum atomic E-state index is 11.4. The van der Waals surface area contributed by atoms with Gasteiger partial charge in [0.05, 0.1) is 11.5 Å². The first kappa shape index (κ1) is 16.7. The summed E-state index contributed by atoms with van der Waals surface area (Å²) in [6.45, 7) is 5.24. The Morgan fingerprint density at radius 2 is 2.10 bits per heavy atom. The van der Waals surface area contributed by atoms with Crippen LogP contribution in [0.2, 0.25) is 0 Å². The molecular formula is C14H21N3O4. The van der Waals surface area contributed by atoms with Crippen LogP contribution in [0.25, 0.3) is 0 Å². The van der Waals surface area contributed by atoms with Crippen molar-refractivity contribution >= 4 is 17.3 Å². The molecule has 7 heteroatoms. The number of hydrogen-bond donors (Lipinski definition) is 2. The summed E-state index contributed by atoms with van der Waals surface area (Å²) in [5.41, 5.74) is 0.621. The second kappa shape index (κ2) is 8.78. The van der Waals surface area contributed by atoms with E-state index in [1.54, 1.807) is 19.1 Å². The number of nitro groups is 1. The van der Waals surface area contributed by atoms with Crippen molar-refractivity contribution in [3.8, 4) is 5.75 Å². The van der Waals surface area contributed by atoms with Gasteiger partial charge in [-0.05, 0) is 19.4 Å². The molecule has 0 aliphatic rings. The molecule has 7 nitrogen and oxygen atoms in total. The number of carbonyl (C=O) groups is 1. The molecule has 0 fully saturated rings. The first-order valence-electron chi connectivity index (χ1n) is 7.00. The molecule has 1 aromatic rings. The van der Waals surface area contributed by atoms with Gasteiger partial charge in [-0.25, -0.2) is 0 Å². The lowest BCUT2D eigenvalue weighted by molar-refractivity contribution is -0.385. The first-order valence-corrected chi connectivity index (χ1v) is 7.00. The number of carbonyl (C=O) groups excluding carboxylic acids is 1. The summed E-state index contributed by atoms with van der Waals surface area (Å²) in [5, 5.41) is 16.7. The van der Waals surface area contributed by atoms with E-state index in [2.05, 4.69) is 10.6 Å². The zero-order valence-electron chi connectivity index (χ0n) is 12.3. The van der Waals surface area contributed by atoms with Gasteiger partial charge in [0.2, 0.25) is 5.91 Å². The highest BCUT2D eigenvalue weighted by Gasteiger charge is 2.15. The predicted molar refractivity (Wildman–Crippen MR) is 80.7 cm³/mol. The molecule has 0 bridgehead atoms. The molecule has 116 valence electrons. The van der Waals surface area contributed by atoms with E-state index < -0.39 is 4.92 Å². The minimum atomic E-state index is -0.479. The summed E-state index contributed by atoms with van der Waals surface area (Å²) in [4.78, 5) is 21.8. The quantitative estimate of drug-likeness (QED) is 0.538. The van der Waals surface area contributed by atoms with Crippen molar-refractivity contribution in [2.45, 2.75) is 26.7 Å². The van der Waals surface area contributed by atoms with Gasteiger partial charge in [-0.15, -0.1) is 0 Å². The second-order valence-corrected chi connectivity index (χ2v) is 4.40. The standard InChI is InChI=1S/C14H21N3O4/c1-3-8-16-14(18)7-9-15-11-5-6-12(17(19)20)13(10-11)21-4-2/h5-6,10,15H,3-4,7-9H2,1-2H3,(H,16,18). The maximum absolute atomic E-state index is 11.4. The molecule has 0 atom stereocenters. The molecule has 1 aromatic carbocycles. The molecule has 21 heavy (non-hydrogen) atoms. The molecule has 0 aliphatic heterocycles. The van der Waals surface area contributed by atoms with E-state index in [1.165, 1.54) is 6.07 Å². The number of rotatable bonds is 9.